The maximum atomic E-state index is 12.8. The summed E-state index contributed by atoms with van der Waals surface area (Å²) < 4.78 is 5.21. The van der Waals surface area contributed by atoms with E-state index in [9.17, 15) is 4.79 Å². The second-order valence-electron chi connectivity index (χ2n) is 9.20. The predicted molar refractivity (Wildman–Crippen MR) is 137 cm³/mol. The number of amides is 1. The van der Waals surface area contributed by atoms with Gasteiger partial charge in [0.1, 0.15) is 5.75 Å². The highest BCUT2D eigenvalue weighted by Crippen LogP contribution is 2.33. The number of aryl methyl sites for hydroxylation is 1. The van der Waals surface area contributed by atoms with Gasteiger partial charge in [0.25, 0.3) is 5.91 Å². The number of benzene rings is 2. The summed E-state index contributed by atoms with van der Waals surface area (Å²) in [5.41, 5.74) is 8.78. The van der Waals surface area contributed by atoms with Gasteiger partial charge in [-0.3, -0.25) is 14.7 Å². The Kier molecular flexibility index (Phi) is 6.45. The van der Waals surface area contributed by atoms with Crippen LogP contribution in [0.25, 0.3) is 16.8 Å². The van der Waals surface area contributed by atoms with Crippen molar-refractivity contribution in [3.8, 4) is 17.0 Å². The smallest absolute Gasteiger partial charge is 0.257 e. The SMILES string of the molecule is COc1ccc(-c2ccc(C(=O)Nc3ccc4c(c3)CCC(CN3CCCC3)=C4C)cn2)cc1. The highest BCUT2D eigenvalue weighted by Gasteiger charge is 2.20. The molecular weight excluding hydrogens is 422 g/mol. The van der Waals surface area contributed by atoms with Crippen LogP contribution in [0.15, 0.2) is 66.4 Å². The van der Waals surface area contributed by atoms with Gasteiger partial charge in [-0.1, -0.05) is 11.6 Å². The average molecular weight is 454 g/mol. The lowest BCUT2D eigenvalue weighted by atomic mass is 9.86. The van der Waals surface area contributed by atoms with Crippen molar-refractivity contribution in [1.29, 1.82) is 0 Å². The Morgan fingerprint density at radius 1 is 1.03 bits per heavy atom. The van der Waals surface area contributed by atoms with Crippen LogP contribution in [0.5, 0.6) is 5.75 Å². The van der Waals surface area contributed by atoms with Crippen LogP contribution in [0.4, 0.5) is 5.69 Å². The van der Waals surface area contributed by atoms with E-state index in [2.05, 4.69) is 34.3 Å². The zero-order valence-corrected chi connectivity index (χ0v) is 19.9. The van der Waals surface area contributed by atoms with E-state index in [1.54, 1.807) is 18.9 Å². The molecule has 0 spiro atoms. The first-order valence-electron chi connectivity index (χ1n) is 12.1. The lowest BCUT2D eigenvalue weighted by molar-refractivity contribution is 0.102. The molecule has 1 N–H and O–H groups in total. The third kappa shape index (κ3) is 4.75. The second-order valence-corrected chi connectivity index (χ2v) is 9.20. The highest BCUT2D eigenvalue weighted by atomic mass is 16.5. The van der Waals surface area contributed by atoms with Gasteiger partial charge < -0.3 is 10.1 Å². The molecule has 2 heterocycles. The minimum atomic E-state index is -0.147. The van der Waals surface area contributed by atoms with Crippen molar-refractivity contribution in [2.24, 2.45) is 0 Å². The molecule has 2 aromatic carbocycles. The fourth-order valence-electron chi connectivity index (χ4n) is 4.98. The number of nitrogens with zero attached hydrogens (tertiary/aromatic N) is 2. The number of hydrogen-bond donors (Lipinski definition) is 1. The van der Waals surface area contributed by atoms with Gasteiger partial charge in [0.05, 0.1) is 18.4 Å². The first-order valence-corrected chi connectivity index (χ1v) is 12.1. The normalized spacial score (nSPS) is 15.8. The van der Waals surface area contributed by atoms with E-state index >= 15 is 0 Å². The standard InChI is InChI=1S/C29H31N3O2/c1-20-24(19-32-15-3-4-16-32)6-5-22-17-25(10-13-27(20)22)31-29(33)23-9-14-28(30-18-23)21-7-11-26(34-2)12-8-21/h7-14,17-18H,3-6,15-16,19H2,1-2H3,(H,31,33). The maximum absolute atomic E-state index is 12.8. The molecule has 0 saturated carbocycles. The largest absolute Gasteiger partial charge is 0.497 e. The molecule has 5 rings (SSSR count). The molecule has 1 saturated heterocycles. The van der Waals surface area contributed by atoms with Crippen molar-refractivity contribution in [1.82, 2.24) is 9.88 Å². The molecule has 0 radical (unpaired) electrons. The number of carbonyl (C=O) groups is 1. The number of carbonyl (C=O) groups excluding carboxylic acids is 1. The Balaban J connectivity index is 1.26. The summed E-state index contributed by atoms with van der Waals surface area (Å²) in [5.74, 6) is 0.657. The molecule has 2 aliphatic rings. The molecular formula is C29H31N3O2. The van der Waals surface area contributed by atoms with Crippen molar-refractivity contribution >= 4 is 17.2 Å². The number of ether oxygens (including phenoxy) is 1. The van der Waals surface area contributed by atoms with Crippen LogP contribution in [0.1, 0.15) is 47.7 Å². The first-order chi connectivity index (χ1) is 16.6. The van der Waals surface area contributed by atoms with E-state index in [0.29, 0.717) is 5.56 Å². The van der Waals surface area contributed by atoms with E-state index in [1.165, 1.54) is 42.6 Å². The van der Waals surface area contributed by atoms with E-state index in [1.807, 2.05) is 42.5 Å². The van der Waals surface area contributed by atoms with E-state index in [4.69, 9.17) is 4.74 Å². The molecule has 3 aromatic rings. The number of aromatic nitrogens is 1. The quantitative estimate of drug-likeness (QED) is 0.511. The minimum absolute atomic E-state index is 0.147. The molecule has 5 nitrogen and oxygen atoms in total. The van der Waals surface area contributed by atoms with Gasteiger partial charge in [-0.25, -0.2) is 0 Å². The summed E-state index contributed by atoms with van der Waals surface area (Å²) in [6, 6.07) is 17.7. The lowest BCUT2D eigenvalue weighted by Crippen LogP contribution is -2.24. The number of fused-ring (bicyclic) bond motifs is 1. The molecule has 1 fully saturated rings. The molecule has 34 heavy (non-hydrogen) atoms. The fraction of sp³-hybridized carbons (Fsp3) is 0.310. The Morgan fingerprint density at radius 2 is 1.82 bits per heavy atom. The third-order valence-corrected chi connectivity index (χ3v) is 7.02. The summed E-state index contributed by atoms with van der Waals surface area (Å²) in [5, 5.41) is 3.05. The van der Waals surface area contributed by atoms with Crippen LogP contribution in [0.2, 0.25) is 0 Å². The Bertz CT molecular complexity index is 1210. The van der Waals surface area contributed by atoms with Gasteiger partial charge in [-0.2, -0.15) is 0 Å². The van der Waals surface area contributed by atoms with Gasteiger partial charge in [0, 0.05) is 24.0 Å². The van der Waals surface area contributed by atoms with Gasteiger partial charge in [0.2, 0.25) is 0 Å². The molecule has 0 bridgehead atoms. The number of pyridine rings is 1. The van der Waals surface area contributed by atoms with Crippen molar-refractivity contribution < 1.29 is 9.53 Å². The number of likely N-dealkylation sites (tertiary alicyclic amines) is 1. The van der Waals surface area contributed by atoms with Crippen molar-refractivity contribution in [2.45, 2.75) is 32.6 Å². The van der Waals surface area contributed by atoms with Gasteiger partial charge in [-0.05, 0) is 111 Å². The zero-order valence-electron chi connectivity index (χ0n) is 19.9. The Morgan fingerprint density at radius 3 is 2.53 bits per heavy atom. The summed E-state index contributed by atoms with van der Waals surface area (Å²) in [4.78, 5) is 19.9. The molecule has 5 heteroatoms. The molecule has 1 aromatic heterocycles. The number of anilines is 1. The second kappa shape index (κ2) is 9.82. The topological polar surface area (TPSA) is 54.5 Å². The molecule has 1 aliphatic heterocycles. The van der Waals surface area contributed by atoms with Crippen LogP contribution in [0, 0.1) is 0 Å². The van der Waals surface area contributed by atoms with E-state index in [-0.39, 0.29) is 5.91 Å². The average Bonchev–Trinajstić information content (AvgIpc) is 3.39. The van der Waals surface area contributed by atoms with Crippen LogP contribution >= 0.6 is 0 Å². The monoisotopic (exact) mass is 453 g/mol. The lowest BCUT2D eigenvalue weighted by Gasteiger charge is -2.25. The predicted octanol–water partition coefficient (Wildman–Crippen LogP) is 5.83. The number of allylic oxidation sites excluding steroid dienone is 1. The summed E-state index contributed by atoms with van der Waals surface area (Å²) in [6.07, 6.45) is 6.41. The summed E-state index contributed by atoms with van der Waals surface area (Å²) >= 11 is 0. The van der Waals surface area contributed by atoms with Crippen molar-refractivity contribution in [3.63, 3.8) is 0 Å². The van der Waals surface area contributed by atoms with Crippen LogP contribution in [-0.2, 0) is 6.42 Å². The van der Waals surface area contributed by atoms with Gasteiger partial charge >= 0.3 is 0 Å². The van der Waals surface area contributed by atoms with Gasteiger partial charge in [0.15, 0.2) is 0 Å². The highest BCUT2D eigenvalue weighted by molar-refractivity contribution is 6.04. The molecule has 0 atom stereocenters. The van der Waals surface area contributed by atoms with Crippen LogP contribution in [-0.4, -0.2) is 42.5 Å². The Labute approximate surface area is 201 Å². The minimum Gasteiger partial charge on any atom is -0.497 e. The van der Waals surface area contributed by atoms with Crippen LogP contribution < -0.4 is 10.1 Å². The Hall–Kier alpha value is -3.44. The van der Waals surface area contributed by atoms with E-state index < -0.39 is 0 Å². The third-order valence-electron chi connectivity index (χ3n) is 7.02. The number of hydrogen-bond acceptors (Lipinski definition) is 4. The van der Waals surface area contributed by atoms with E-state index in [0.717, 1.165) is 42.1 Å². The summed E-state index contributed by atoms with van der Waals surface area (Å²) in [7, 11) is 1.65. The zero-order chi connectivity index (χ0) is 23.5. The summed E-state index contributed by atoms with van der Waals surface area (Å²) in [6.45, 7) is 5.80. The molecule has 174 valence electrons. The van der Waals surface area contributed by atoms with Crippen LogP contribution in [0.3, 0.4) is 0 Å². The number of rotatable bonds is 6. The number of methoxy groups -OCH3 is 1. The van der Waals surface area contributed by atoms with Gasteiger partial charge in [-0.15, -0.1) is 0 Å². The van der Waals surface area contributed by atoms with Crippen molar-refractivity contribution in [2.75, 3.05) is 32.1 Å². The molecule has 1 aliphatic carbocycles. The molecule has 0 unspecified atom stereocenters. The fourth-order valence-corrected chi connectivity index (χ4v) is 4.98. The number of nitrogens with one attached hydrogen (secondary N) is 1. The van der Waals surface area contributed by atoms with Crippen molar-refractivity contribution in [3.05, 3.63) is 83.1 Å². The molecule has 1 amide bonds. The maximum Gasteiger partial charge on any atom is 0.257 e. The first kappa shape index (κ1) is 22.4.